The predicted octanol–water partition coefficient (Wildman–Crippen LogP) is 2.65. The minimum atomic E-state index is -0.442. The highest BCUT2D eigenvalue weighted by molar-refractivity contribution is 5.23. The lowest BCUT2D eigenvalue weighted by Crippen LogP contribution is -2.32. The van der Waals surface area contributed by atoms with E-state index in [2.05, 4.69) is 5.32 Å². The molecule has 1 N–H and O–H groups in total. The molecule has 2 unspecified atom stereocenters. The summed E-state index contributed by atoms with van der Waals surface area (Å²) in [4.78, 5) is 0. The third-order valence-corrected chi connectivity index (χ3v) is 2.56. The van der Waals surface area contributed by atoms with Gasteiger partial charge in [0, 0.05) is 12.7 Å². The van der Waals surface area contributed by atoms with E-state index in [0.29, 0.717) is 12.1 Å². The highest BCUT2D eigenvalue weighted by Gasteiger charge is 2.21. The van der Waals surface area contributed by atoms with E-state index in [9.17, 15) is 8.78 Å². The van der Waals surface area contributed by atoms with Gasteiger partial charge in [0.2, 0.25) is 0 Å². The Morgan fingerprint density at radius 3 is 2.62 bits per heavy atom. The summed E-state index contributed by atoms with van der Waals surface area (Å²) >= 11 is 0. The Balaban J connectivity index is 3.04. The van der Waals surface area contributed by atoms with Gasteiger partial charge in [0.15, 0.2) is 0 Å². The summed E-state index contributed by atoms with van der Waals surface area (Å²) in [6.07, 6.45) is -0.226. The van der Waals surface area contributed by atoms with E-state index in [1.165, 1.54) is 6.07 Å². The molecule has 0 radical (unpaired) electrons. The average Bonchev–Trinajstić information content (AvgIpc) is 2.28. The molecule has 16 heavy (non-hydrogen) atoms. The van der Waals surface area contributed by atoms with Gasteiger partial charge in [0.1, 0.15) is 11.6 Å². The Hall–Kier alpha value is -1.00. The Labute approximate surface area is 94.6 Å². The first-order valence-corrected chi connectivity index (χ1v) is 5.31. The first-order chi connectivity index (χ1) is 7.60. The van der Waals surface area contributed by atoms with Crippen molar-refractivity contribution in [2.45, 2.75) is 26.0 Å². The summed E-state index contributed by atoms with van der Waals surface area (Å²) < 4.78 is 31.8. The van der Waals surface area contributed by atoms with Crippen molar-refractivity contribution in [2.24, 2.45) is 0 Å². The van der Waals surface area contributed by atoms with Gasteiger partial charge in [-0.1, -0.05) is 6.92 Å². The maximum atomic E-state index is 13.6. The van der Waals surface area contributed by atoms with Gasteiger partial charge in [-0.15, -0.1) is 0 Å². The van der Waals surface area contributed by atoms with Crippen LogP contribution in [0.2, 0.25) is 0 Å². The number of nitrogens with one attached hydrogen (secondary N) is 1. The van der Waals surface area contributed by atoms with Crippen molar-refractivity contribution in [3.8, 4) is 0 Å². The number of benzene rings is 1. The van der Waals surface area contributed by atoms with Gasteiger partial charge in [-0.3, -0.25) is 0 Å². The molecule has 1 aromatic rings. The van der Waals surface area contributed by atoms with Crippen LogP contribution in [0.25, 0.3) is 0 Å². The Bertz CT molecular complexity index is 344. The average molecular weight is 229 g/mol. The zero-order chi connectivity index (χ0) is 12.1. The van der Waals surface area contributed by atoms with Crippen LogP contribution in [0.5, 0.6) is 0 Å². The number of methoxy groups -OCH3 is 1. The fraction of sp³-hybridized carbons (Fsp3) is 0.500. The second kappa shape index (κ2) is 5.92. The minimum absolute atomic E-state index is 0.226. The van der Waals surface area contributed by atoms with Crippen LogP contribution in [-0.4, -0.2) is 19.8 Å². The Kier molecular flexibility index (Phi) is 4.83. The van der Waals surface area contributed by atoms with E-state index in [1.807, 2.05) is 13.8 Å². The zero-order valence-electron chi connectivity index (χ0n) is 9.76. The second-order valence-electron chi connectivity index (χ2n) is 3.64. The molecule has 0 aromatic heterocycles. The molecule has 2 nitrogen and oxygen atoms in total. The first kappa shape index (κ1) is 13.1. The van der Waals surface area contributed by atoms with Crippen LogP contribution in [0.3, 0.4) is 0 Å². The zero-order valence-corrected chi connectivity index (χ0v) is 9.76. The molecule has 2 atom stereocenters. The monoisotopic (exact) mass is 229 g/mol. The Morgan fingerprint density at radius 1 is 1.38 bits per heavy atom. The predicted molar refractivity (Wildman–Crippen MR) is 59.2 cm³/mol. The van der Waals surface area contributed by atoms with E-state index < -0.39 is 11.6 Å². The maximum absolute atomic E-state index is 13.6. The van der Waals surface area contributed by atoms with Gasteiger partial charge in [0.05, 0.1) is 12.1 Å². The van der Waals surface area contributed by atoms with Crippen molar-refractivity contribution in [1.82, 2.24) is 5.32 Å². The molecule has 0 aliphatic heterocycles. The summed E-state index contributed by atoms with van der Waals surface area (Å²) in [6.45, 7) is 4.39. The van der Waals surface area contributed by atoms with Crippen LogP contribution in [0.4, 0.5) is 8.78 Å². The van der Waals surface area contributed by atoms with Gasteiger partial charge in [-0.05, 0) is 31.7 Å². The molecule has 4 heteroatoms. The Morgan fingerprint density at radius 2 is 2.06 bits per heavy atom. The highest BCUT2D eigenvalue weighted by Crippen LogP contribution is 2.22. The van der Waals surface area contributed by atoms with Gasteiger partial charge in [-0.25, -0.2) is 8.78 Å². The fourth-order valence-corrected chi connectivity index (χ4v) is 1.64. The lowest BCUT2D eigenvalue weighted by molar-refractivity contribution is 0.0822. The molecular formula is C12H17F2NO. The van der Waals surface area contributed by atoms with Gasteiger partial charge >= 0.3 is 0 Å². The largest absolute Gasteiger partial charge is 0.380 e. The highest BCUT2D eigenvalue weighted by atomic mass is 19.1. The third-order valence-electron chi connectivity index (χ3n) is 2.56. The quantitative estimate of drug-likeness (QED) is 0.838. The molecule has 0 saturated heterocycles. The molecule has 1 aromatic carbocycles. The molecule has 0 amide bonds. The van der Waals surface area contributed by atoms with Crippen molar-refractivity contribution in [3.05, 3.63) is 35.4 Å². The van der Waals surface area contributed by atoms with E-state index in [0.717, 1.165) is 12.1 Å². The van der Waals surface area contributed by atoms with Crippen LogP contribution < -0.4 is 5.32 Å². The summed E-state index contributed by atoms with van der Waals surface area (Å²) in [5, 5.41) is 3.09. The normalized spacial score (nSPS) is 14.8. The summed E-state index contributed by atoms with van der Waals surface area (Å²) in [5.74, 6) is -0.862. The molecule has 0 spiro atoms. The van der Waals surface area contributed by atoms with E-state index in [-0.39, 0.29) is 12.1 Å². The molecule has 0 aliphatic carbocycles. The van der Waals surface area contributed by atoms with Gasteiger partial charge < -0.3 is 10.1 Å². The summed E-state index contributed by atoms with van der Waals surface area (Å²) in [7, 11) is 1.55. The van der Waals surface area contributed by atoms with E-state index >= 15 is 0 Å². The number of hydrogen-bond acceptors (Lipinski definition) is 2. The number of rotatable bonds is 5. The third kappa shape index (κ3) is 3.00. The lowest BCUT2D eigenvalue weighted by atomic mass is 10.0. The van der Waals surface area contributed by atoms with E-state index in [4.69, 9.17) is 4.74 Å². The SMILES string of the molecule is CCNC(c1cc(F)ccc1F)C(C)OC. The van der Waals surface area contributed by atoms with Gasteiger partial charge in [-0.2, -0.15) is 0 Å². The standard InChI is InChI=1S/C12H17F2NO/c1-4-15-12(8(2)16-3)10-7-9(13)5-6-11(10)14/h5-8,12,15H,4H2,1-3H3. The smallest absolute Gasteiger partial charge is 0.128 e. The van der Waals surface area contributed by atoms with Crippen molar-refractivity contribution >= 4 is 0 Å². The number of likely N-dealkylation sites (N-methyl/N-ethyl adjacent to an activating group) is 1. The molecule has 90 valence electrons. The summed E-state index contributed by atoms with van der Waals surface area (Å²) in [6, 6.07) is 3.11. The molecule has 0 bridgehead atoms. The topological polar surface area (TPSA) is 21.3 Å². The first-order valence-electron chi connectivity index (χ1n) is 5.31. The van der Waals surface area contributed by atoms with Crippen molar-refractivity contribution in [2.75, 3.05) is 13.7 Å². The number of hydrogen-bond donors (Lipinski definition) is 1. The minimum Gasteiger partial charge on any atom is -0.380 e. The van der Waals surface area contributed by atoms with Crippen molar-refractivity contribution in [3.63, 3.8) is 0 Å². The summed E-state index contributed by atoms with van der Waals surface area (Å²) in [5.41, 5.74) is 0.302. The molecular weight excluding hydrogens is 212 g/mol. The molecule has 1 rings (SSSR count). The van der Waals surface area contributed by atoms with Crippen LogP contribution in [0.1, 0.15) is 25.5 Å². The fourth-order valence-electron chi connectivity index (χ4n) is 1.64. The number of ether oxygens (including phenoxy) is 1. The van der Waals surface area contributed by atoms with E-state index in [1.54, 1.807) is 7.11 Å². The number of halogens is 2. The lowest BCUT2D eigenvalue weighted by Gasteiger charge is -2.24. The van der Waals surface area contributed by atoms with Crippen LogP contribution in [0, 0.1) is 11.6 Å². The second-order valence-corrected chi connectivity index (χ2v) is 3.64. The van der Waals surface area contributed by atoms with Crippen molar-refractivity contribution < 1.29 is 13.5 Å². The molecule has 0 fully saturated rings. The van der Waals surface area contributed by atoms with Crippen LogP contribution >= 0.6 is 0 Å². The maximum Gasteiger partial charge on any atom is 0.128 e. The van der Waals surface area contributed by atoms with Crippen LogP contribution in [-0.2, 0) is 4.74 Å². The molecule has 0 heterocycles. The molecule has 0 aliphatic rings. The van der Waals surface area contributed by atoms with Gasteiger partial charge in [0.25, 0.3) is 0 Å². The van der Waals surface area contributed by atoms with Crippen molar-refractivity contribution in [1.29, 1.82) is 0 Å². The van der Waals surface area contributed by atoms with Crippen LogP contribution in [0.15, 0.2) is 18.2 Å². The molecule has 0 saturated carbocycles.